The molecule has 6 nitrogen and oxygen atoms in total. The lowest BCUT2D eigenvalue weighted by atomic mass is 10.2. The number of anilines is 1. The molecule has 1 aromatic carbocycles. The monoisotopic (exact) mass is 295 g/mol. The van der Waals surface area contributed by atoms with Crippen LogP contribution in [0.3, 0.4) is 0 Å². The van der Waals surface area contributed by atoms with Gasteiger partial charge in [-0.25, -0.2) is 4.39 Å². The molecular weight excluding hydrogens is 289 g/mol. The van der Waals surface area contributed by atoms with Gasteiger partial charge in [0, 0.05) is 18.3 Å². The first-order chi connectivity index (χ1) is 9.49. The van der Waals surface area contributed by atoms with Crippen LogP contribution >= 0.6 is 11.6 Å². The fourth-order valence-corrected chi connectivity index (χ4v) is 1.73. The van der Waals surface area contributed by atoms with Crippen molar-refractivity contribution in [3.63, 3.8) is 0 Å². The SMILES string of the molecule is O=C(Nc1ccncc1F)c1ccc([N+](=O)[O-])cc1Cl. The lowest BCUT2D eigenvalue weighted by Crippen LogP contribution is -2.13. The number of aromatic nitrogens is 1. The number of rotatable bonds is 3. The first-order valence-electron chi connectivity index (χ1n) is 5.34. The van der Waals surface area contributed by atoms with Crippen molar-refractivity contribution in [3.8, 4) is 0 Å². The molecule has 102 valence electrons. The number of nitrogens with one attached hydrogen (secondary N) is 1. The number of pyridine rings is 1. The molecule has 0 saturated carbocycles. The molecule has 2 aromatic rings. The van der Waals surface area contributed by atoms with Gasteiger partial charge in [-0.3, -0.25) is 19.9 Å². The van der Waals surface area contributed by atoms with E-state index < -0.39 is 16.6 Å². The molecule has 0 radical (unpaired) electrons. The van der Waals surface area contributed by atoms with E-state index in [-0.39, 0.29) is 22.0 Å². The molecule has 2 rings (SSSR count). The van der Waals surface area contributed by atoms with E-state index in [9.17, 15) is 19.3 Å². The van der Waals surface area contributed by atoms with Gasteiger partial charge in [0.2, 0.25) is 0 Å². The zero-order valence-electron chi connectivity index (χ0n) is 9.84. The van der Waals surface area contributed by atoms with Gasteiger partial charge < -0.3 is 5.32 Å². The first-order valence-corrected chi connectivity index (χ1v) is 5.71. The average Bonchev–Trinajstić information content (AvgIpc) is 2.41. The van der Waals surface area contributed by atoms with E-state index in [4.69, 9.17) is 11.6 Å². The summed E-state index contributed by atoms with van der Waals surface area (Å²) in [4.78, 5) is 25.4. The van der Waals surface area contributed by atoms with Gasteiger partial charge in [0.25, 0.3) is 11.6 Å². The van der Waals surface area contributed by atoms with E-state index >= 15 is 0 Å². The number of hydrogen-bond acceptors (Lipinski definition) is 4. The van der Waals surface area contributed by atoms with E-state index in [1.807, 2.05) is 0 Å². The molecule has 1 aromatic heterocycles. The second-order valence-electron chi connectivity index (χ2n) is 3.73. The third-order valence-corrected chi connectivity index (χ3v) is 2.74. The van der Waals surface area contributed by atoms with Gasteiger partial charge in [0.15, 0.2) is 5.82 Å². The highest BCUT2D eigenvalue weighted by molar-refractivity contribution is 6.34. The van der Waals surface area contributed by atoms with E-state index in [0.29, 0.717) is 0 Å². The Morgan fingerprint density at radius 3 is 2.75 bits per heavy atom. The summed E-state index contributed by atoms with van der Waals surface area (Å²) in [6.45, 7) is 0. The number of nitrogens with zero attached hydrogens (tertiary/aromatic N) is 2. The van der Waals surface area contributed by atoms with Crippen LogP contribution in [0.4, 0.5) is 15.8 Å². The maximum Gasteiger partial charge on any atom is 0.270 e. The minimum Gasteiger partial charge on any atom is -0.319 e. The zero-order chi connectivity index (χ0) is 14.7. The molecule has 0 unspecified atom stereocenters. The Morgan fingerprint density at radius 1 is 1.40 bits per heavy atom. The van der Waals surface area contributed by atoms with Crippen LogP contribution in [-0.2, 0) is 0 Å². The summed E-state index contributed by atoms with van der Waals surface area (Å²) >= 11 is 5.80. The maximum atomic E-state index is 13.3. The van der Waals surface area contributed by atoms with Crippen molar-refractivity contribution in [3.05, 3.63) is 63.2 Å². The van der Waals surface area contributed by atoms with E-state index in [1.54, 1.807) is 0 Å². The molecule has 1 heterocycles. The van der Waals surface area contributed by atoms with Crippen molar-refractivity contribution in [1.82, 2.24) is 4.98 Å². The molecule has 1 N–H and O–H groups in total. The molecule has 0 aliphatic heterocycles. The van der Waals surface area contributed by atoms with Crippen molar-refractivity contribution in [2.24, 2.45) is 0 Å². The Kier molecular flexibility index (Phi) is 3.90. The topological polar surface area (TPSA) is 85.1 Å². The number of benzene rings is 1. The molecule has 20 heavy (non-hydrogen) atoms. The number of hydrogen-bond donors (Lipinski definition) is 1. The van der Waals surface area contributed by atoms with Crippen LogP contribution in [0.1, 0.15) is 10.4 Å². The Morgan fingerprint density at radius 2 is 2.15 bits per heavy atom. The zero-order valence-corrected chi connectivity index (χ0v) is 10.6. The molecule has 8 heteroatoms. The third-order valence-electron chi connectivity index (χ3n) is 2.43. The van der Waals surface area contributed by atoms with Gasteiger partial charge in [0.05, 0.1) is 27.4 Å². The summed E-state index contributed by atoms with van der Waals surface area (Å²) in [5.74, 6) is -1.37. The predicted molar refractivity (Wildman–Crippen MR) is 70.3 cm³/mol. The minimum absolute atomic E-state index is 0.00785. The average molecular weight is 296 g/mol. The van der Waals surface area contributed by atoms with Crippen LogP contribution in [0.5, 0.6) is 0 Å². The highest BCUT2D eigenvalue weighted by Crippen LogP contribution is 2.23. The number of nitro groups is 1. The van der Waals surface area contributed by atoms with Crippen molar-refractivity contribution in [2.45, 2.75) is 0 Å². The number of carbonyl (C=O) groups is 1. The van der Waals surface area contributed by atoms with Crippen LogP contribution in [0.15, 0.2) is 36.7 Å². The molecule has 0 bridgehead atoms. The smallest absolute Gasteiger partial charge is 0.270 e. The van der Waals surface area contributed by atoms with Gasteiger partial charge in [-0.1, -0.05) is 11.6 Å². The number of nitro benzene ring substituents is 1. The summed E-state index contributed by atoms with van der Waals surface area (Å²) in [5.41, 5.74) is -0.283. The number of amides is 1. The second kappa shape index (κ2) is 5.62. The van der Waals surface area contributed by atoms with Gasteiger partial charge in [-0.2, -0.15) is 0 Å². The largest absolute Gasteiger partial charge is 0.319 e. The lowest BCUT2D eigenvalue weighted by Gasteiger charge is -2.07. The van der Waals surface area contributed by atoms with Crippen molar-refractivity contribution >= 4 is 28.9 Å². The third kappa shape index (κ3) is 2.89. The summed E-state index contributed by atoms with van der Waals surface area (Å²) in [6, 6.07) is 4.69. The minimum atomic E-state index is -0.695. The predicted octanol–water partition coefficient (Wildman–Crippen LogP) is 3.03. The van der Waals surface area contributed by atoms with Crippen molar-refractivity contribution in [2.75, 3.05) is 5.32 Å². The molecule has 0 fully saturated rings. The van der Waals surface area contributed by atoms with Crippen LogP contribution in [0.2, 0.25) is 5.02 Å². The van der Waals surface area contributed by atoms with Gasteiger partial charge in [0.1, 0.15) is 0 Å². The molecular formula is C12H7ClFN3O3. The quantitative estimate of drug-likeness (QED) is 0.696. The molecule has 0 spiro atoms. The van der Waals surface area contributed by atoms with Gasteiger partial charge in [-0.05, 0) is 12.1 Å². The second-order valence-corrected chi connectivity index (χ2v) is 4.14. The Hall–Kier alpha value is -2.54. The van der Waals surface area contributed by atoms with E-state index in [0.717, 1.165) is 18.3 Å². The standard InChI is InChI=1S/C12H7ClFN3O3/c13-9-5-7(17(19)20)1-2-8(9)12(18)16-11-3-4-15-6-10(11)14/h1-6H,(H,15,16,18). The van der Waals surface area contributed by atoms with Crippen LogP contribution < -0.4 is 5.32 Å². The van der Waals surface area contributed by atoms with Gasteiger partial charge >= 0.3 is 0 Å². The van der Waals surface area contributed by atoms with Crippen LogP contribution in [-0.4, -0.2) is 15.8 Å². The summed E-state index contributed by atoms with van der Waals surface area (Å²) in [6.07, 6.45) is 2.27. The summed E-state index contributed by atoms with van der Waals surface area (Å²) in [7, 11) is 0. The molecule has 0 aliphatic carbocycles. The van der Waals surface area contributed by atoms with Crippen LogP contribution in [0.25, 0.3) is 0 Å². The molecule has 0 aliphatic rings. The van der Waals surface area contributed by atoms with Crippen molar-refractivity contribution in [1.29, 1.82) is 0 Å². The fourth-order valence-electron chi connectivity index (χ4n) is 1.47. The number of carbonyl (C=O) groups excluding carboxylic acids is 1. The van der Waals surface area contributed by atoms with Gasteiger partial charge in [-0.15, -0.1) is 0 Å². The van der Waals surface area contributed by atoms with E-state index in [2.05, 4.69) is 10.3 Å². The summed E-state index contributed by atoms with van der Waals surface area (Å²) < 4.78 is 13.3. The Bertz CT molecular complexity index is 693. The summed E-state index contributed by atoms with van der Waals surface area (Å²) in [5, 5.41) is 12.8. The lowest BCUT2D eigenvalue weighted by molar-refractivity contribution is -0.384. The molecule has 0 saturated heterocycles. The van der Waals surface area contributed by atoms with E-state index in [1.165, 1.54) is 18.3 Å². The maximum absolute atomic E-state index is 13.3. The van der Waals surface area contributed by atoms with Crippen LogP contribution in [0, 0.1) is 15.9 Å². The Labute approximate surface area is 117 Å². The number of halogens is 2. The Balaban J connectivity index is 2.26. The highest BCUT2D eigenvalue weighted by atomic mass is 35.5. The molecule has 0 atom stereocenters. The normalized spacial score (nSPS) is 10.1. The van der Waals surface area contributed by atoms with Crippen molar-refractivity contribution < 1.29 is 14.1 Å². The number of non-ortho nitro benzene ring substituents is 1. The fraction of sp³-hybridized carbons (Fsp3) is 0. The highest BCUT2D eigenvalue weighted by Gasteiger charge is 2.16. The molecule has 1 amide bonds. The first kappa shape index (κ1) is 13.9.